The Balaban J connectivity index is 1.59. The molecule has 3 aromatic carbocycles. The number of carbonyl (C=O) groups excluding carboxylic acids is 3. The molecule has 4 rings (SSSR count). The van der Waals surface area contributed by atoms with Crippen LogP contribution in [0, 0.1) is 0 Å². The number of nitrogens with zero attached hydrogens (tertiary/aromatic N) is 1. The number of nitrogens with one attached hydrogen (secondary N) is 1. The van der Waals surface area contributed by atoms with Crippen molar-refractivity contribution in [3.8, 4) is 11.5 Å². The first-order valence-electron chi connectivity index (χ1n) is 9.57. The second-order valence-corrected chi connectivity index (χ2v) is 7.21. The second kappa shape index (κ2) is 8.83. The molecule has 3 N–H and O–H groups in total. The van der Waals surface area contributed by atoms with Crippen LogP contribution in [0.2, 0.25) is 0 Å². The van der Waals surface area contributed by atoms with Gasteiger partial charge < -0.3 is 10.5 Å². The van der Waals surface area contributed by atoms with Crippen LogP contribution in [0.3, 0.4) is 0 Å². The molecule has 0 atom stereocenters. The highest BCUT2D eigenvalue weighted by atomic mass is 32.1. The van der Waals surface area contributed by atoms with Gasteiger partial charge in [0.05, 0.1) is 5.69 Å². The van der Waals surface area contributed by atoms with Crippen molar-refractivity contribution >= 4 is 46.3 Å². The predicted octanol–water partition coefficient (Wildman–Crippen LogP) is 3.62. The maximum atomic E-state index is 13.1. The highest BCUT2D eigenvalue weighted by molar-refractivity contribution is 7.80. The molecule has 1 saturated heterocycles. The molecule has 0 aliphatic carbocycles. The topological polar surface area (TPSA) is 102 Å². The molecule has 0 spiro atoms. The molecule has 1 aliphatic heterocycles. The number of benzene rings is 3. The Morgan fingerprint density at radius 3 is 2.22 bits per heavy atom. The van der Waals surface area contributed by atoms with Crippen LogP contribution in [0.5, 0.6) is 11.5 Å². The number of amides is 2. The molecule has 7 nitrogen and oxygen atoms in total. The number of allylic oxidation sites excluding steroid dienone is 1. The van der Waals surface area contributed by atoms with E-state index in [4.69, 9.17) is 22.7 Å². The third-order valence-electron chi connectivity index (χ3n) is 4.68. The molecule has 0 radical (unpaired) electrons. The lowest BCUT2D eigenvalue weighted by Gasteiger charge is -2.28. The maximum Gasteiger partial charge on any atom is 0.270 e. The van der Waals surface area contributed by atoms with E-state index in [9.17, 15) is 14.4 Å². The van der Waals surface area contributed by atoms with Gasteiger partial charge in [0.1, 0.15) is 17.1 Å². The standard InChI is InChI=1S/C24H17N3O4S/c25-20-9-5-4-8-18(20)21(28)14-19-22(29)26-24(32)27(23(19)30)15-10-12-17(13-11-15)31-16-6-2-1-3-7-16/h1-14H,25H2,(H,26,29,32). The number of carbonyl (C=O) groups is 3. The molecule has 32 heavy (non-hydrogen) atoms. The van der Waals surface area contributed by atoms with E-state index in [1.807, 2.05) is 30.3 Å². The highest BCUT2D eigenvalue weighted by Crippen LogP contribution is 2.26. The zero-order valence-corrected chi connectivity index (χ0v) is 17.5. The minimum atomic E-state index is -0.747. The first-order valence-corrected chi connectivity index (χ1v) is 9.98. The summed E-state index contributed by atoms with van der Waals surface area (Å²) < 4.78 is 5.75. The molecule has 3 aromatic rings. The van der Waals surface area contributed by atoms with Gasteiger partial charge in [-0.2, -0.15) is 0 Å². The number of ether oxygens (including phenoxy) is 1. The fourth-order valence-electron chi connectivity index (χ4n) is 3.11. The average molecular weight is 443 g/mol. The van der Waals surface area contributed by atoms with Gasteiger partial charge in [-0.05, 0) is 60.7 Å². The number of para-hydroxylation sites is 2. The predicted molar refractivity (Wildman–Crippen MR) is 124 cm³/mol. The molecule has 8 heteroatoms. The monoisotopic (exact) mass is 443 g/mol. The van der Waals surface area contributed by atoms with Gasteiger partial charge in [0.25, 0.3) is 11.8 Å². The Labute approximate surface area is 189 Å². The van der Waals surface area contributed by atoms with Crippen LogP contribution in [0.4, 0.5) is 11.4 Å². The molecule has 1 aliphatic rings. The van der Waals surface area contributed by atoms with Gasteiger partial charge in [-0.1, -0.05) is 30.3 Å². The van der Waals surface area contributed by atoms with Crippen molar-refractivity contribution in [1.82, 2.24) is 5.32 Å². The van der Waals surface area contributed by atoms with E-state index in [0.29, 0.717) is 17.2 Å². The largest absolute Gasteiger partial charge is 0.457 e. The Morgan fingerprint density at radius 1 is 0.906 bits per heavy atom. The molecule has 0 bridgehead atoms. The summed E-state index contributed by atoms with van der Waals surface area (Å²) in [4.78, 5) is 39.2. The van der Waals surface area contributed by atoms with Crippen molar-refractivity contribution in [3.63, 3.8) is 0 Å². The first-order chi connectivity index (χ1) is 15.4. The Morgan fingerprint density at radius 2 is 1.53 bits per heavy atom. The minimum Gasteiger partial charge on any atom is -0.457 e. The zero-order chi connectivity index (χ0) is 22.7. The van der Waals surface area contributed by atoms with Gasteiger partial charge >= 0.3 is 0 Å². The molecular formula is C24H17N3O4S. The fourth-order valence-corrected chi connectivity index (χ4v) is 3.39. The van der Waals surface area contributed by atoms with Crippen molar-refractivity contribution in [2.75, 3.05) is 10.6 Å². The number of nitrogen functional groups attached to an aromatic ring is 1. The Hall–Kier alpha value is -4.30. The van der Waals surface area contributed by atoms with E-state index in [2.05, 4.69) is 5.32 Å². The van der Waals surface area contributed by atoms with Gasteiger partial charge in [0.15, 0.2) is 10.9 Å². The van der Waals surface area contributed by atoms with E-state index >= 15 is 0 Å². The maximum absolute atomic E-state index is 13.1. The second-order valence-electron chi connectivity index (χ2n) is 6.82. The van der Waals surface area contributed by atoms with E-state index < -0.39 is 17.6 Å². The van der Waals surface area contributed by atoms with Crippen molar-refractivity contribution in [3.05, 3.63) is 96.1 Å². The van der Waals surface area contributed by atoms with E-state index in [-0.39, 0.29) is 21.9 Å². The van der Waals surface area contributed by atoms with Crippen LogP contribution in [0.15, 0.2) is 90.5 Å². The van der Waals surface area contributed by atoms with E-state index in [0.717, 1.165) is 11.0 Å². The van der Waals surface area contributed by atoms with Gasteiger partial charge in [0, 0.05) is 17.3 Å². The summed E-state index contributed by atoms with van der Waals surface area (Å²) in [5.74, 6) is -0.784. The first kappa shape index (κ1) is 21.0. The van der Waals surface area contributed by atoms with Crippen molar-refractivity contribution in [2.24, 2.45) is 0 Å². The van der Waals surface area contributed by atoms with E-state index in [1.165, 1.54) is 6.07 Å². The quantitative estimate of drug-likeness (QED) is 0.205. The summed E-state index contributed by atoms with van der Waals surface area (Å²) in [5, 5.41) is 2.37. The van der Waals surface area contributed by atoms with Crippen LogP contribution in [0.1, 0.15) is 10.4 Å². The third-order valence-corrected chi connectivity index (χ3v) is 4.96. The van der Waals surface area contributed by atoms with Gasteiger partial charge in [0.2, 0.25) is 0 Å². The average Bonchev–Trinajstić information content (AvgIpc) is 2.78. The van der Waals surface area contributed by atoms with Crippen LogP contribution < -0.4 is 20.7 Å². The van der Waals surface area contributed by atoms with E-state index in [1.54, 1.807) is 42.5 Å². The van der Waals surface area contributed by atoms with Crippen LogP contribution in [-0.4, -0.2) is 22.7 Å². The lowest BCUT2D eigenvalue weighted by Crippen LogP contribution is -2.54. The Bertz CT molecular complexity index is 1250. The normalized spacial score (nSPS) is 14.9. The number of anilines is 2. The summed E-state index contributed by atoms with van der Waals surface area (Å²) in [6, 6.07) is 22.3. The van der Waals surface area contributed by atoms with Gasteiger partial charge in [-0.15, -0.1) is 0 Å². The molecule has 0 aromatic heterocycles. The molecule has 1 heterocycles. The minimum absolute atomic E-state index is 0.0828. The fraction of sp³-hybridized carbons (Fsp3) is 0. The number of hydrogen-bond acceptors (Lipinski definition) is 6. The highest BCUT2D eigenvalue weighted by Gasteiger charge is 2.35. The molecule has 2 amide bonds. The van der Waals surface area contributed by atoms with Crippen molar-refractivity contribution in [2.45, 2.75) is 0 Å². The zero-order valence-electron chi connectivity index (χ0n) is 16.6. The lowest BCUT2D eigenvalue weighted by atomic mass is 10.0. The SMILES string of the molecule is Nc1ccccc1C(=O)C=C1C(=O)NC(=S)N(c2ccc(Oc3ccccc3)cc2)C1=O. The number of ketones is 1. The molecule has 158 valence electrons. The number of nitrogens with two attached hydrogens (primary N) is 1. The van der Waals surface area contributed by atoms with Crippen molar-refractivity contribution in [1.29, 1.82) is 0 Å². The third kappa shape index (κ3) is 4.26. The van der Waals surface area contributed by atoms with Crippen LogP contribution in [0.25, 0.3) is 0 Å². The number of hydrogen-bond donors (Lipinski definition) is 2. The summed E-state index contributed by atoms with van der Waals surface area (Å²) in [7, 11) is 0. The lowest BCUT2D eigenvalue weighted by molar-refractivity contribution is -0.122. The summed E-state index contributed by atoms with van der Waals surface area (Å²) in [6.45, 7) is 0. The molecule has 0 unspecified atom stereocenters. The molecule has 0 saturated carbocycles. The summed E-state index contributed by atoms with van der Waals surface area (Å²) >= 11 is 5.19. The number of thiocarbonyl (C=S) groups is 1. The number of rotatable bonds is 5. The van der Waals surface area contributed by atoms with Gasteiger partial charge in [-0.25, -0.2) is 0 Å². The smallest absolute Gasteiger partial charge is 0.270 e. The summed E-state index contributed by atoms with van der Waals surface area (Å²) in [5.41, 5.74) is 6.35. The van der Waals surface area contributed by atoms with Crippen molar-refractivity contribution < 1.29 is 19.1 Å². The molecular weight excluding hydrogens is 426 g/mol. The molecule has 1 fully saturated rings. The van der Waals surface area contributed by atoms with Crippen LogP contribution in [-0.2, 0) is 9.59 Å². The van der Waals surface area contributed by atoms with Crippen LogP contribution >= 0.6 is 12.2 Å². The van der Waals surface area contributed by atoms with Gasteiger partial charge in [-0.3, -0.25) is 24.6 Å². The Kier molecular flexibility index (Phi) is 5.78. The summed E-state index contributed by atoms with van der Waals surface area (Å²) in [6.07, 6.45) is 0.977.